The van der Waals surface area contributed by atoms with Crippen LogP contribution in [0.4, 0.5) is 0 Å². The van der Waals surface area contributed by atoms with Gasteiger partial charge in [-0.2, -0.15) is 0 Å². The van der Waals surface area contributed by atoms with Gasteiger partial charge in [0.05, 0.1) is 0 Å². The second-order valence-electron chi connectivity index (χ2n) is 1.65. The van der Waals surface area contributed by atoms with Crippen molar-refractivity contribution in [2.75, 3.05) is 0 Å². The van der Waals surface area contributed by atoms with Gasteiger partial charge in [-0.05, 0) is 11.7 Å². The summed E-state index contributed by atoms with van der Waals surface area (Å²) in [6.07, 6.45) is 3.50. The molecule has 0 saturated carbocycles. The molecule has 2 nitrogen and oxygen atoms in total. The van der Waals surface area contributed by atoms with Gasteiger partial charge in [0, 0.05) is 26.6 Å². The standard InChI is InChI=1S/C6H3N2S.Re/c1-2-7-3-5-6(1)9-4-8-5;/h1-3H;/q-1;. The van der Waals surface area contributed by atoms with Gasteiger partial charge < -0.3 is 4.98 Å². The molecule has 0 spiro atoms. The average molecular weight is 321 g/mol. The van der Waals surface area contributed by atoms with Crippen molar-refractivity contribution in [3.05, 3.63) is 24.0 Å². The summed E-state index contributed by atoms with van der Waals surface area (Å²) in [5.41, 5.74) is 3.72. The predicted octanol–water partition coefficient (Wildman–Crippen LogP) is 1.49. The minimum atomic E-state index is 0. The Bertz CT molecular complexity index is 290. The van der Waals surface area contributed by atoms with E-state index in [0.717, 1.165) is 10.2 Å². The zero-order chi connectivity index (χ0) is 6.10. The van der Waals surface area contributed by atoms with E-state index >= 15 is 0 Å². The van der Waals surface area contributed by atoms with Gasteiger partial charge in [-0.15, -0.1) is 0 Å². The van der Waals surface area contributed by atoms with Crippen LogP contribution in [0.25, 0.3) is 10.2 Å². The minimum absolute atomic E-state index is 0. The Labute approximate surface area is 76.0 Å². The first-order valence-corrected chi connectivity index (χ1v) is 3.35. The molecule has 0 aliphatic rings. The topological polar surface area (TPSA) is 25.8 Å². The van der Waals surface area contributed by atoms with E-state index in [1.807, 2.05) is 6.07 Å². The summed E-state index contributed by atoms with van der Waals surface area (Å²) < 4.78 is 1.14. The molecule has 0 N–H and O–H groups in total. The van der Waals surface area contributed by atoms with Gasteiger partial charge in [0.1, 0.15) is 0 Å². The monoisotopic (exact) mass is 322 g/mol. The molecule has 0 fully saturated rings. The normalized spacial score (nSPS) is 9.20. The molecule has 2 rings (SSSR count). The van der Waals surface area contributed by atoms with E-state index in [4.69, 9.17) is 0 Å². The van der Waals surface area contributed by atoms with Gasteiger partial charge in [0.15, 0.2) is 0 Å². The Morgan fingerprint density at radius 2 is 2.40 bits per heavy atom. The van der Waals surface area contributed by atoms with Crippen LogP contribution in [-0.4, -0.2) is 9.97 Å². The van der Waals surface area contributed by atoms with E-state index in [1.54, 1.807) is 12.4 Å². The molecule has 4 heteroatoms. The smallest absolute Gasteiger partial charge is 0.0138 e. The summed E-state index contributed by atoms with van der Waals surface area (Å²) in [6, 6.07) is 1.93. The molecule has 0 aromatic carbocycles. The zero-order valence-corrected chi connectivity index (χ0v) is 8.44. The van der Waals surface area contributed by atoms with Crippen LogP contribution in [0.3, 0.4) is 0 Å². The molecule has 51 valence electrons. The Morgan fingerprint density at radius 1 is 1.50 bits per heavy atom. The Hall–Kier alpha value is -0.298. The number of nitrogens with zero attached hydrogens (tertiary/aromatic N) is 2. The number of rotatable bonds is 0. The minimum Gasteiger partial charge on any atom is -0.385 e. The van der Waals surface area contributed by atoms with E-state index in [9.17, 15) is 0 Å². The third-order valence-corrected chi connectivity index (χ3v) is 1.83. The molecule has 0 unspecified atom stereocenters. The number of hydrogen-bond donors (Lipinski definition) is 0. The van der Waals surface area contributed by atoms with Gasteiger partial charge in [0.2, 0.25) is 0 Å². The van der Waals surface area contributed by atoms with Crippen molar-refractivity contribution < 1.29 is 20.4 Å². The van der Waals surface area contributed by atoms with Crippen molar-refractivity contribution in [1.82, 2.24) is 9.97 Å². The van der Waals surface area contributed by atoms with Crippen LogP contribution >= 0.6 is 11.3 Å². The number of hydrogen-bond acceptors (Lipinski definition) is 3. The maximum absolute atomic E-state index is 3.95. The molecular formula is C6H3N2ReS-. The van der Waals surface area contributed by atoms with E-state index < -0.39 is 0 Å². The van der Waals surface area contributed by atoms with Crippen molar-refractivity contribution in [3.8, 4) is 0 Å². The fraction of sp³-hybridized carbons (Fsp3) is 0. The van der Waals surface area contributed by atoms with Crippen LogP contribution in [0.1, 0.15) is 0 Å². The van der Waals surface area contributed by atoms with Crippen molar-refractivity contribution in [1.29, 1.82) is 0 Å². The van der Waals surface area contributed by atoms with Crippen LogP contribution in [-0.2, 0) is 20.4 Å². The molecule has 2 aromatic heterocycles. The van der Waals surface area contributed by atoms with E-state index in [1.165, 1.54) is 11.3 Å². The first-order chi connectivity index (χ1) is 4.47. The van der Waals surface area contributed by atoms with Crippen LogP contribution in [0.15, 0.2) is 18.5 Å². The quantitative estimate of drug-likeness (QED) is 0.687. The first kappa shape index (κ1) is 7.81. The molecule has 2 heterocycles. The van der Waals surface area contributed by atoms with Gasteiger partial charge in [-0.1, -0.05) is 16.3 Å². The largest absolute Gasteiger partial charge is 0.385 e. The van der Waals surface area contributed by atoms with Crippen LogP contribution in [0, 0.1) is 5.51 Å². The van der Waals surface area contributed by atoms with Crippen molar-refractivity contribution in [2.45, 2.75) is 0 Å². The van der Waals surface area contributed by atoms with Gasteiger partial charge in [-0.3, -0.25) is 16.3 Å². The number of thiazole rings is 1. The summed E-state index contributed by atoms with van der Waals surface area (Å²) >= 11 is 1.51. The molecule has 0 atom stereocenters. The second-order valence-corrected chi connectivity index (χ2v) is 2.48. The molecule has 0 amide bonds. The van der Waals surface area contributed by atoms with Crippen LogP contribution < -0.4 is 0 Å². The molecule has 10 heavy (non-hydrogen) atoms. The summed E-state index contributed by atoms with van der Waals surface area (Å²) in [7, 11) is 0. The van der Waals surface area contributed by atoms with Crippen molar-refractivity contribution in [2.24, 2.45) is 0 Å². The number of pyridine rings is 1. The summed E-state index contributed by atoms with van der Waals surface area (Å²) in [4.78, 5) is 7.86. The molecule has 2 aromatic rings. The molecule has 0 saturated heterocycles. The third kappa shape index (κ3) is 1.24. The first-order valence-electron chi connectivity index (χ1n) is 2.53. The summed E-state index contributed by atoms with van der Waals surface area (Å²) in [5, 5.41) is 0. The summed E-state index contributed by atoms with van der Waals surface area (Å²) in [5.74, 6) is 0. The zero-order valence-electron chi connectivity index (χ0n) is 4.91. The van der Waals surface area contributed by atoms with Gasteiger partial charge >= 0.3 is 0 Å². The average Bonchev–Trinajstić information content (AvgIpc) is 2.33. The van der Waals surface area contributed by atoms with Crippen molar-refractivity contribution in [3.63, 3.8) is 0 Å². The number of aromatic nitrogens is 2. The van der Waals surface area contributed by atoms with Crippen molar-refractivity contribution >= 4 is 21.6 Å². The Balaban J connectivity index is 0.000000500. The maximum atomic E-state index is 3.95. The van der Waals surface area contributed by atoms with E-state index in [-0.39, 0.29) is 20.4 Å². The number of fused-ring (bicyclic) bond motifs is 1. The molecular weight excluding hydrogens is 318 g/mol. The molecule has 0 aliphatic heterocycles. The fourth-order valence-electron chi connectivity index (χ4n) is 0.665. The Morgan fingerprint density at radius 3 is 3.20 bits per heavy atom. The predicted molar refractivity (Wildman–Crippen MR) is 36.3 cm³/mol. The van der Waals surface area contributed by atoms with Crippen LogP contribution in [0.5, 0.6) is 0 Å². The van der Waals surface area contributed by atoms with Gasteiger partial charge in [-0.25, -0.2) is 0 Å². The summed E-state index contributed by atoms with van der Waals surface area (Å²) in [6.45, 7) is 0. The molecule has 0 bridgehead atoms. The Kier molecular flexibility index (Phi) is 2.50. The van der Waals surface area contributed by atoms with E-state index in [2.05, 4.69) is 15.5 Å². The second kappa shape index (κ2) is 3.20. The third-order valence-electron chi connectivity index (χ3n) is 1.08. The maximum Gasteiger partial charge on any atom is 0.0138 e. The molecule has 0 aliphatic carbocycles. The SMILES string of the molecule is [Re].[c-]1nc2cnccc2s1. The molecule has 1 radical (unpaired) electrons. The van der Waals surface area contributed by atoms with Crippen LogP contribution in [0.2, 0.25) is 0 Å². The van der Waals surface area contributed by atoms with E-state index in [0.29, 0.717) is 0 Å². The van der Waals surface area contributed by atoms with Gasteiger partial charge in [0.25, 0.3) is 0 Å². The fourth-order valence-corrected chi connectivity index (χ4v) is 1.24.